The van der Waals surface area contributed by atoms with Gasteiger partial charge in [-0.2, -0.15) is 0 Å². The molecule has 110 valence electrons. The Morgan fingerprint density at radius 1 is 1.10 bits per heavy atom. The molecule has 1 aromatic carbocycles. The topological polar surface area (TPSA) is 25.2 Å². The smallest absolute Gasteiger partial charge is 0.134 e. The van der Waals surface area contributed by atoms with E-state index in [0.717, 1.165) is 30.7 Å². The highest BCUT2D eigenvalue weighted by Gasteiger charge is 2.17. The van der Waals surface area contributed by atoms with Crippen LogP contribution in [0.25, 0.3) is 11.0 Å². The summed E-state index contributed by atoms with van der Waals surface area (Å²) in [6, 6.07) is 15.1. The van der Waals surface area contributed by atoms with Crippen molar-refractivity contribution in [3.8, 4) is 0 Å². The fourth-order valence-corrected chi connectivity index (χ4v) is 3.62. The lowest BCUT2D eigenvalue weighted by Gasteiger charge is -2.14. The van der Waals surface area contributed by atoms with Crippen LogP contribution in [0.5, 0.6) is 0 Å². The van der Waals surface area contributed by atoms with E-state index in [1.165, 1.54) is 15.1 Å². The number of aryl methyl sites for hydroxylation is 1. The van der Waals surface area contributed by atoms with Gasteiger partial charge in [-0.3, -0.25) is 0 Å². The van der Waals surface area contributed by atoms with Gasteiger partial charge in [-0.1, -0.05) is 32.0 Å². The monoisotopic (exact) mass is 299 g/mol. The first-order chi connectivity index (χ1) is 10.3. The Bertz CT molecular complexity index is 680. The minimum atomic E-state index is 0.241. The van der Waals surface area contributed by atoms with Gasteiger partial charge in [-0.15, -0.1) is 11.3 Å². The molecule has 0 bridgehead atoms. The fourth-order valence-electron chi connectivity index (χ4n) is 2.62. The van der Waals surface area contributed by atoms with Gasteiger partial charge in [0.2, 0.25) is 0 Å². The van der Waals surface area contributed by atoms with Crippen LogP contribution < -0.4 is 5.32 Å². The molecule has 2 heterocycles. The van der Waals surface area contributed by atoms with E-state index in [0.29, 0.717) is 0 Å². The molecule has 2 aromatic heterocycles. The van der Waals surface area contributed by atoms with Crippen molar-refractivity contribution >= 4 is 22.3 Å². The van der Waals surface area contributed by atoms with E-state index in [2.05, 4.69) is 49.5 Å². The molecule has 0 aliphatic heterocycles. The average molecular weight is 299 g/mol. The number of thiophene rings is 1. The first-order valence-electron chi connectivity index (χ1n) is 7.59. The predicted octanol–water partition coefficient (Wildman–Crippen LogP) is 4.95. The quantitative estimate of drug-likeness (QED) is 0.696. The number of fused-ring (bicyclic) bond motifs is 1. The molecule has 1 N–H and O–H groups in total. The largest absolute Gasteiger partial charge is 0.459 e. The average Bonchev–Trinajstić information content (AvgIpc) is 3.12. The summed E-state index contributed by atoms with van der Waals surface area (Å²) >= 11 is 1.91. The Labute approximate surface area is 129 Å². The maximum Gasteiger partial charge on any atom is 0.134 e. The molecule has 3 heteroatoms. The van der Waals surface area contributed by atoms with Crippen molar-refractivity contribution in [3.05, 3.63) is 58.0 Å². The SMILES string of the molecule is CCNC(Cc1ccc(CC)s1)c1cc2ccccc2o1. The summed E-state index contributed by atoms with van der Waals surface area (Å²) in [5, 5.41) is 4.73. The van der Waals surface area contributed by atoms with Gasteiger partial charge >= 0.3 is 0 Å². The van der Waals surface area contributed by atoms with Gasteiger partial charge in [-0.25, -0.2) is 0 Å². The third-order valence-corrected chi connectivity index (χ3v) is 4.96. The van der Waals surface area contributed by atoms with Crippen LogP contribution >= 0.6 is 11.3 Å². The number of benzene rings is 1. The van der Waals surface area contributed by atoms with E-state index < -0.39 is 0 Å². The second-order valence-corrected chi connectivity index (χ2v) is 6.48. The van der Waals surface area contributed by atoms with Crippen molar-refractivity contribution in [2.45, 2.75) is 32.7 Å². The molecular formula is C18H21NOS. The summed E-state index contributed by atoms with van der Waals surface area (Å²) in [6.45, 7) is 5.28. The first kappa shape index (κ1) is 14.4. The Morgan fingerprint density at radius 3 is 2.62 bits per heavy atom. The molecule has 0 aliphatic rings. The highest BCUT2D eigenvalue weighted by Crippen LogP contribution is 2.28. The van der Waals surface area contributed by atoms with Crippen molar-refractivity contribution in [1.82, 2.24) is 5.32 Å². The molecule has 1 unspecified atom stereocenters. The zero-order valence-electron chi connectivity index (χ0n) is 12.6. The standard InChI is InChI=1S/C18H21NOS/c1-3-14-9-10-15(21-14)12-16(19-4-2)18-11-13-7-5-6-8-17(13)20-18/h5-11,16,19H,3-4,12H2,1-2H3. The van der Waals surface area contributed by atoms with Crippen molar-refractivity contribution in [1.29, 1.82) is 0 Å². The minimum Gasteiger partial charge on any atom is -0.459 e. The highest BCUT2D eigenvalue weighted by molar-refractivity contribution is 7.11. The zero-order chi connectivity index (χ0) is 14.7. The lowest BCUT2D eigenvalue weighted by atomic mass is 10.1. The van der Waals surface area contributed by atoms with Crippen LogP contribution in [0.2, 0.25) is 0 Å². The number of furan rings is 1. The normalized spacial score (nSPS) is 12.9. The number of likely N-dealkylation sites (N-methyl/N-ethyl adjacent to an activating group) is 1. The maximum atomic E-state index is 6.03. The van der Waals surface area contributed by atoms with Gasteiger partial charge in [0.15, 0.2) is 0 Å². The summed E-state index contributed by atoms with van der Waals surface area (Å²) in [5.74, 6) is 1.03. The first-order valence-corrected chi connectivity index (χ1v) is 8.41. The van der Waals surface area contributed by atoms with Gasteiger partial charge in [0.25, 0.3) is 0 Å². The molecule has 3 aromatic rings. The van der Waals surface area contributed by atoms with Gasteiger partial charge in [-0.05, 0) is 37.2 Å². The lowest BCUT2D eigenvalue weighted by Crippen LogP contribution is -2.22. The molecule has 21 heavy (non-hydrogen) atoms. The second-order valence-electron chi connectivity index (χ2n) is 5.22. The number of nitrogens with one attached hydrogen (secondary N) is 1. The molecular weight excluding hydrogens is 278 g/mol. The molecule has 0 fully saturated rings. The van der Waals surface area contributed by atoms with E-state index in [1.54, 1.807) is 0 Å². The molecule has 2 nitrogen and oxygen atoms in total. The number of hydrogen-bond acceptors (Lipinski definition) is 3. The van der Waals surface area contributed by atoms with Crippen LogP contribution in [0.4, 0.5) is 0 Å². The van der Waals surface area contributed by atoms with Crippen LogP contribution in [0, 0.1) is 0 Å². The summed E-state index contributed by atoms with van der Waals surface area (Å²) in [7, 11) is 0. The third-order valence-electron chi connectivity index (χ3n) is 3.71. The highest BCUT2D eigenvalue weighted by atomic mass is 32.1. The Kier molecular flexibility index (Phi) is 4.42. The second kappa shape index (κ2) is 6.46. The molecule has 0 saturated carbocycles. The van der Waals surface area contributed by atoms with Gasteiger partial charge in [0, 0.05) is 21.6 Å². The Morgan fingerprint density at radius 2 is 1.90 bits per heavy atom. The van der Waals surface area contributed by atoms with Crippen LogP contribution in [0.15, 0.2) is 46.9 Å². The molecule has 3 rings (SSSR count). The summed E-state index contributed by atoms with van der Waals surface area (Å²) in [6.07, 6.45) is 2.10. The Hall–Kier alpha value is -1.58. The summed E-state index contributed by atoms with van der Waals surface area (Å²) < 4.78 is 6.03. The molecule has 0 radical (unpaired) electrons. The molecule has 1 atom stereocenters. The lowest BCUT2D eigenvalue weighted by molar-refractivity contribution is 0.436. The summed E-state index contributed by atoms with van der Waals surface area (Å²) in [5.41, 5.74) is 0.968. The number of para-hydroxylation sites is 1. The van der Waals surface area contributed by atoms with Crippen molar-refractivity contribution < 1.29 is 4.42 Å². The van der Waals surface area contributed by atoms with E-state index in [-0.39, 0.29) is 6.04 Å². The third kappa shape index (κ3) is 3.20. The molecule has 0 saturated heterocycles. The van der Waals surface area contributed by atoms with Crippen LogP contribution in [0.1, 0.15) is 35.4 Å². The Balaban J connectivity index is 1.86. The summed E-state index contributed by atoms with van der Waals surface area (Å²) in [4.78, 5) is 2.86. The van der Waals surface area contributed by atoms with Gasteiger partial charge in [0.1, 0.15) is 11.3 Å². The number of rotatable bonds is 6. The van der Waals surface area contributed by atoms with E-state index in [4.69, 9.17) is 4.42 Å². The van der Waals surface area contributed by atoms with Crippen LogP contribution in [-0.2, 0) is 12.8 Å². The molecule has 0 aliphatic carbocycles. The van der Waals surface area contributed by atoms with Crippen molar-refractivity contribution in [3.63, 3.8) is 0 Å². The zero-order valence-corrected chi connectivity index (χ0v) is 13.4. The van der Waals surface area contributed by atoms with Gasteiger partial charge < -0.3 is 9.73 Å². The van der Waals surface area contributed by atoms with Crippen LogP contribution in [0.3, 0.4) is 0 Å². The molecule has 0 amide bonds. The van der Waals surface area contributed by atoms with E-state index in [9.17, 15) is 0 Å². The van der Waals surface area contributed by atoms with Crippen molar-refractivity contribution in [2.75, 3.05) is 6.54 Å². The number of hydrogen-bond donors (Lipinski definition) is 1. The maximum absolute atomic E-state index is 6.03. The fraction of sp³-hybridized carbons (Fsp3) is 0.333. The molecule has 0 spiro atoms. The van der Waals surface area contributed by atoms with E-state index in [1.807, 2.05) is 23.5 Å². The van der Waals surface area contributed by atoms with Crippen molar-refractivity contribution in [2.24, 2.45) is 0 Å². The predicted molar refractivity (Wildman–Crippen MR) is 90.0 cm³/mol. The van der Waals surface area contributed by atoms with E-state index >= 15 is 0 Å². The van der Waals surface area contributed by atoms with Crippen LogP contribution in [-0.4, -0.2) is 6.54 Å². The van der Waals surface area contributed by atoms with Gasteiger partial charge in [0.05, 0.1) is 6.04 Å². The minimum absolute atomic E-state index is 0.241.